The maximum Gasteiger partial charge on any atom is 0.0946 e. The molecule has 5 nitrogen and oxygen atoms in total. The first-order valence-corrected chi connectivity index (χ1v) is 6.70. The van der Waals surface area contributed by atoms with E-state index in [1.165, 1.54) is 25.1 Å². The van der Waals surface area contributed by atoms with Crippen molar-refractivity contribution in [1.29, 1.82) is 0 Å². The molecular formula is C13H25N5. The first kappa shape index (κ1) is 13.5. The molecule has 1 saturated heterocycles. The third kappa shape index (κ3) is 2.74. The van der Waals surface area contributed by atoms with Gasteiger partial charge in [0, 0.05) is 32.4 Å². The molecule has 1 aromatic heterocycles. The number of nitrogens with zero attached hydrogens (tertiary/aromatic N) is 4. The number of hydrogen-bond donors (Lipinski definition) is 1. The summed E-state index contributed by atoms with van der Waals surface area (Å²) in [7, 11) is 6.41. The van der Waals surface area contributed by atoms with Crippen LogP contribution in [-0.2, 0) is 7.05 Å². The van der Waals surface area contributed by atoms with Gasteiger partial charge in [0.2, 0.25) is 0 Å². The van der Waals surface area contributed by atoms with Gasteiger partial charge in [-0.3, -0.25) is 4.90 Å². The number of likely N-dealkylation sites (N-methyl/N-ethyl adjacent to an activating group) is 2. The van der Waals surface area contributed by atoms with Crippen LogP contribution >= 0.6 is 0 Å². The summed E-state index contributed by atoms with van der Waals surface area (Å²) >= 11 is 0. The third-order valence-corrected chi connectivity index (χ3v) is 4.12. The predicted octanol–water partition coefficient (Wildman–Crippen LogP) is 0.446. The molecule has 5 heteroatoms. The number of likely N-dealkylation sites (tertiary alicyclic amines) is 1. The zero-order valence-electron chi connectivity index (χ0n) is 11.7. The Bertz CT molecular complexity index is 375. The van der Waals surface area contributed by atoms with Crippen LogP contribution in [0.1, 0.15) is 24.6 Å². The average molecular weight is 251 g/mol. The zero-order valence-corrected chi connectivity index (χ0v) is 11.7. The lowest BCUT2D eigenvalue weighted by molar-refractivity contribution is 0.175. The third-order valence-electron chi connectivity index (χ3n) is 4.12. The molecule has 2 N–H and O–H groups in total. The molecule has 0 amide bonds. The van der Waals surface area contributed by atoms with Crippen LogP contribution in [0, 0.1) is 0 Å². The number of nitrogens with two attached hydrogens (primary N) is 1. The van der Waals surface area contributed by atoms with Gasteiger partial charge < -0.3 is 15.2 Å². The Kier molecular flexibility index (Phi) is 4.37. The van der Waals surface area contributed by atoms with Crippen LogP contribution in [0.3, 0.4) is 0 Å². The van der Waals surface area contributed by atoms with Crippen LogP contribution < -0.4 is 5.73 Å². The van der Waals surface area contributed by atoms with E-state index >= 15 is 0 Å². The second kappa shape index (κ2) is 5.82. The molecule has 1 aliphatic rings. The van der Waals surface area contributed by atoms with Crippen LogP contribution in [-0.4, -0.2) is 59.1 Å². The molecule has 18 heavy (non-hydrogen) atoms. The van der Waals surface area contributed by atoms with Gasteiger partial charge in [0.05, 0.1) is 18.1 Å². The van der Waals surface area contributed by atoms with E-state index in [4.69, 9.17) is 5.73 Å². The van der Waals surface area contributed by atoms with Gasteiger partial charge in [0.25, 0.3) is 0 Å². The first-order valence-electron chi connectivity index (χ1n) is 6.70. The number of imidazole rings is 1. The van der Waals surface area contributed by atoms with Gasteiger partial charge in [0.15, 0.2) is 0 Å². The fourth-order valence-electron chi connectivity index (χ4n) is 2.88. The number of aromatic nitrogens is 2. The molecule has 2 unspecified atom stereocenters. The average Bonchev–Trinajstić information content (AvgIpc) is 2.91. The topological polar surface area (TPSA) is 50.3 Å². The number of hydrogen-bond acceptors (Lipinski definition) is 4. The fraction of sp³-hybridized carbons (Fsp3) is 0.769. The van der Waals surface area contributed by atoms with Crippen molar-refractivity contribution >= 4 is 0 Å². The van der Waals surface area contributed by atoms with Crippen LogP contribution in [0.5, 0.6) is 0 Å². The molecule has 1 aromatic rings. The normalized spacial score (nSPS) is 22.8. The molecule has 1 aliphatic heterocycles. The lowest BCUT2D eigenvalue weighted by Gasteiger charge is -2.31. The Labute approximate surface area is 110 Å². The summed E-state index contributed by atoms with van der Waals surface area (Å²) in [6, 6.07) is 0.920. The van der Waals surface area contributed by atoms with Crippen LogP contribution in [0.15, 0.2) is 12.5 Å². The van der Waals surface area contributed by atoms with Crippen molar-refractivity contribution < 1.29 is 0 Å². The fourth-order valence-corrected chi connectivity index (χ4v) is 2.88. The lowest BCUT2D eigenvalue weighted by atomic mass is 10.1. The maximum atomic E-state index is 5.95. The van der Waals surface area contributed by atoms with Crippen molar-refractivity contribution in [3.63, 3.8) is 0 Å². The van der Waals surface area contributed by atoms with Gasteiger partial charge in [-0.1, -0.05) is 0 Å². The second-order valence-corrected chi connectivity index (χ2v) is 5.40. The molecule has 0 bridgehead atoms. The summed E-state index contributed by atoms with van der Waals surface area (Å²) in [5.41, 5.74) is 7.14. The highest BCUT2D eigenvalue weighted by Gasteiger charge is 2.26. The Morgan fingerprint density at radius 1 is 1.56 bits per heavy atom. The van der Waals surface area contributed by atoms with Crippen molar-refractivity contribution in [3.05, 3.63) is 18.2 Å². The first-order chi connectivity index (χ1) is 8.63. The molecule has 0 saturated carbocycles. The minimum atomic E-state index is 0.256. The van der Waals surface area contributed by atoms with Crippen molar-refractivity contribution in [2.24, 2.45) is 12.8 Å². The van der Waals surface area contributed by atoms with Gasteiger partial charge in [0.1, 0.15) is 0 Å². The lowest BCUT2D eigenvalue weighted by Crippen LogP contribution is -2.41. The number of aryl methyl sites for hydroxylation is 1. The molecule has 0 aliphatic carbocycles. The van der Waals surface area contributed by atoms with E-state index in [-0.39, 0.29) is 6.04 Å². The molecule has 2 atom stereocenters. The largest absolute Gasteiger partial charge is 0.336 e. The standard InChI is InChI=1S/C13H25N5/c1-16-6-4-5-11(16)9-17(2)12(7-14)13-8-15-10-18(13)3/h8,10-12H,4-7,9,14H2,1-3H3. The van der Waals surface area contributed by atoms with Crippen molar-refractivity contribution in [2.45, 2.75) is 24.9 Å². The summed E-state index contributed by atoms with van der Waals surface area (Å²) < 4.78 is 2.06. The van der Waals surface area contributed by atoms with E-state index in [1.54, 1.807) is 0 Å². The summed E-state index contributed by atoms with van der Waals surface area (Å²) in [5, 5.41) is 0. The maximum absolute atomic E-state index is 5.95. The smallest absolute Gasteiger partial charge is 0.0946 e. The Morgan fingerprint density at radius 3 is 2.83 bits per heavy atom. The summed E-state index contributed by atoms with van der Waals surface area (Å²) in [5.74, 6) is 0. The van der Waals surface area contributed by atoms with E-state index in [0.29, 0.717) is 12.6 Å². The zero-order chi connectivity index (χ0) is 13.1. The van der Waals surface area contributed by atoms with Crippen LogP contribution in [0.2, 0.25) is 0 Å². The van der Waals surface area contributed by atoms with Gasteiger partial charge in [-0.2, -0.15) is 0 Å². The van der Waals surface area contributed by atoms with Crippen molar-refractivity contribution in [2.75, 3.05) is 33.7 Å². The Hall–Kier alpha value is -0.910. The van der Waals surface area contributed by atoms with Crippen LogP contribution in [0.4, 0.5) is 0 Å². The number of rotatable bonds is 5. The highest BCUT2D eigenvalue weighted by atomic mass is 15.2. The highest BCUT2D eigenvalue weighted by molar-refractivity contribution is 5.06. The molecule has 0 aromatic carbocycles. The van der Waals surface area contributed by atoms with E-state index in [1.807, 2.05) is 19.6 Å². The molecule has 1 fully saturated rings. The molecule has 0 radical (unpaired) electrons. The van der Waals surface area contributed by atoms with E-state index in [9.17, 15) is 0 Å². The molecule has 0 spiro atoms. The molecule has 102 valence electrons. The van der Waals surface area contributed by atoms with E-state index < -0.39 is 0 Å². The monoisotopic (exact) mass is 251 g/mol. The van der Waals surface area contributed by atoms with Crippen LogP contribution in [0.25, 0.3) is 0 Å². The second-order valence-electron chi connectivity index (χ2n) is 5.40. The summed E-state index contributed by atoms with van der Waals surface area (Å²) in [6.45, 7) is 2.92. The highest BCUT2D eigenvalue weighted by Crippen LogP contribution is 2.21. The predicted molar refractivity (Wildman–Crippen MR) is 73.3 cm³/mol. The van der Waals surface area contributed by atoms with E-state index in [0.717, 1.165) is 6.54 Å². The minimum absolute atomic E-state index is 0.256. The SMILES string of the molecule is CN1CCCC1CN(C)C(CN)c1cncn1C. The quantitative estimate of drug-likeness (QED) is 0.825. The molecule has 2 heterocycles. The van der Waals surface area contributed by atoms with Gasteiger partial charge in [-0.05, 0) is 33.5 Å². The van der Waals surface area contributed by atoms with Gasteiger partial charge >= 0.3 is 0 Å². The molecule has 2 rings (SSSR count). The Morgan fingerprint density at radius 2 is 2.33 bits per heavy atom. The summed E-state index contributed by atoms with van der Waals surface area (Å²) in [6.07, 6.45) is 6.37. The van der Waals surface area contributed by atoms with Crippen molar-refractivity contribution in [3.8, 4) is 0 Å². The van der Waals surface area contributed by atoms with Gasteiger partial charge in [-0.25, -0.2) is 4.98 Å². The van der Waals surface area contributed by atoms with Gasteiger partial charge in [-0.15, -0.1) is 0 Å². The molecular weight excluding hydrogens is 226 g/mol. The Balaban J connectivity index is 2.02. The van der Waals surface area contributed by atoms with Crippen molar-refractivity contribution in [1.82, 2.24) is 19.4 Å². The van der Waals surface area contributed by atoms with E-state index in [2.05, 4.69) is 33.4 Å². The summed E-state index contributed by atoms with van der Waals surface area (Å²) in [4.78, 5) is 9.01. The minimum Gasteiger partial charge on any atom is -0.336 e.